The van der Waals surface area contributed by atoms with Gasteiger partial charge < -0.3 is 19.8 Å². The van der Waals surface area contributed by atoms with Gasteiger partial charge in [-0.15, -0.1) is 0 Å². The van der Waals surface area contributed by atoms with Crippen molar-refractivity contribution in [3.05, 3.63) is 70.6 Å². The van der Waals surface area contributed by atoms with Gasteiger partial charge in [0.05, 0.1) is 6.54 Å². The zero-order chi connectivity index (χ0) is 17.2. The number of hydrogen-bond donors (Lipinski definition) is 2. The van der Waals surface area contributed by atoms with E-state index in [1.807, 2.05) is 30.3 Å². The Morgan fingerprint density at radius 3 is 2.76 bits per heavy atom. The van der Waals surface area contributed by atoms with Crippen molar-refractivity contribution < 1.29 is 14.3 Å². The number of carbonyl (C=O) groups is 1. The van der Waals surface area contributed by atoms with Crippen molar-refractivity contribution >= 4 is 16.7 Å². The lowest BCUT2D eigenvalue weighted by molar-refractivity contribution is 0.0786. The zero-order valence-corrected chi connectivity index (χ0v) is 13.3. The molecule has 1 amide bonds. The van der Waals surface area contributed by atoms with Crippen molar-refractivity contribution in [2.24, 2.45) is 0 Å². The van der Waals surface area contributed by atoms with Crippen LogP contribution in [0.4, 0.5) is 0 Å². The molecule has 0 fully saturated rings. The Bertz CT molecular complexity index is 996. The molecule has 25 heavy (non-hydrogen) atoms. The molecule has 0 saturated carbocycles. The van der Waals surface area contributed by atoms with E-state index in [1.54, 1.807) is 24.3 Å². The molecular weight excluding hydrogens is 320 g/mol. The van der Waals surface area contributed by atoms with Gasteiger partial charge in [-0.1, -0.05) is 30.3 Å². The summed E-state index contributed by atoms with van der Waals surface area (Å²) < 4.78 is 11.4. The lowest BCUT2D eigenvalue weighted by Gasteiger charge is -2.26. The molecule has 0 radical (unpaired) electrons. The largest absolute Gasteiger partial charge is 0.486 e. The van der Waals surface area contributed by atoms with Crippen LogP contribution in [0.1, 0.15) is 10.5 Å². The highest BCUT2D eigenvalue weighted by molar-refractivity contribution is 5.96. The van der Waals surface area contributed by atoms with Gasteiger partial charge in [0.25, 0.3) is 11.5 Å². The minimum atomic E-state index is -0.356. The number of amides is 1. The maximum absolute atomic E-state index is 12.4. The minimum Gasteiger partial charge on any atom is -0.486 e. The van der Waals surface area contributed by atoms with E-state index < -0.39 is 0 Å². The number of aromatic amines is 1. The van der Waals surface area contributed by atoms with Gasteiger partial charge in [-0.05, 0) is 29.7 Å². The molecule has 1 unspecified atom stereocenters. The first-order chi connectivity index (χ1) is 12.2. The second-order valence-corrected chi connectivity index (χ2v) is 5.81. The van der Waals surface area contributed by atoms with Crippen LogP contribution >= 0.6 is 0 Å². The van der Waals surface area contributed by atoms with Crippen LogP contribution in [0, 0.1) is 0 Å². The van der Waals surface area contributed by atoms with E-state index >= 15 is 0 Å². The van der Waals surface area contributed by atoms with Crippen LogP contribution in [0.15, 0.2) is 59.4 Å². The zero-order valence-electron chi connectivity index (χ0n) is 13.3. The predicted octanol–water partition coefficient (Wildman–Crippen LogP) is 2.10. The molecule has 2 N–H and O–H groups in total. The maximum Gasteiger partial charge on any atom is 0.267 e. The fourth-order valence-corrected chi connectivity index (χ4v) is 2.80. The van der Waals surface area contributed by atoms with E-state index in [0.29, 0.717) is 23.5 Å². The Hall–Kier alpha value is -3.28. The standard InChI is InChI=1S/C19H16N2O4/c22-18-14-6-2-1-5-12(14)9-15(21-18)19(23)20-10-13-11-24-16-7-3-4-8-17(16)25-13/h1-9,13H,10-11H2,(H,20,23)(H,21,22). The summed E-state index contributed by atoms with van der Waals surface area (Å²) in [4.78, 5) is 27.0. The molecule has 1 aliphatic heterocycles. The summed E-state index contributed by atoms with van der Waals surface area (Å²) in [5.41, 5.74) is -0.0599. The molecule has 0 spiro atoms. The van der Waals surface area contributed by atoms with Crippen LogP contribution in [0.2, 0.25) is 0 Å². The van der Waals surface area contributed by atoms with Crippen molar-refractivity contribution in [2.75, 3.05) is 13.2 Å². The van der Waals surface area contributed by atoms with Gasteiger partial charge in [-0.25, -0.2) is 0 Å². The molecule has 2 heterocycles. The number of rotatable bonds is 3. The molecule has 4 rings (SSSR count). The van der Waals surface area contributed by atoms with Gasteiger partial charge in [-0.3, -0.25) is 9.59 Å². The molecule has 0 saturated heterocycles. The fraction of sp³-hybridized carbons (Fsp3) is 0.158. The SMILES string of the molecule is O=C(NCC1COc2ccccc2O1)c1cc2ccccc2c(=O)[nH]1. The molecule has 6 heteroatoms. The first kappa shape index (κ1) is 15.3. The number of ether oxygens (including phenoxy) is 2. The summed E-state index contributed by atoms with van der Waals surface area (Å²) in [6, 6.07) is 16.2. The Morgan fingerprint density at radius 1 is 1.12 bits per heavy atom. The van der Waals surface area contributed by atoms with Gasteiger partial charge in [0.15, 0.2) is 11.5 Å². The monoisotopic (exact) mass is 336 g/mol. The van der Waals surface area contributed by atoms with Crippen molar-refractivity contribution in [1.82, 2.24) is 10.3 Å². The first-order valence-corrected chi connectivity index (χ1v) is 7.99. The third-order valence-electron chi connectivity index (χ3n) is 4.06. The summed E-state index contributed by atoms with van der Waals surface area (Å²) in [5.74, 6) is 1.00. The highest BCUT2D eigenvalue weighted by atomic mass is 16.6. The van der Waals surface area contributed by atoms with Crippen molar-refractivity contribution in [2.45, 2.75) is 6.10 Å². The summed E-state index contributed by atoms with van der Waals surface area (Å²) in [5, 5.41) is 4.06. The predicted molar refractivity (Wildman–Crippen MR) is 93.3 cm³/mol. The summed E-state index contributed by atoms with van der Waals surface area (Å²) in [6.45, 7) is 0.632. The molecule has 126 valence electrons. The number of pyridine rings is 1. The quantitative estimate of drug-likeness (QED) is 0.767. The summed E-state index contributed by atoms with van der Waals surface area (Å²) in [6.07, 6.45) is -0.286. The Balaban J connectivity index is 1.45. The van der Waals surface area contributed by atoms with Crippen LogP contribution in [0.3, 0.4) is 0 Å². The van der Waals surface area contributed by atoms with Crippen LogP contribution < -0.4 is 20.3 Å². The van der Waals surface area contributed by atoms with E-state index in [2.05, 4.69) is 10.3 Å². The van der Waals surface area contributed by atoms with Crippen molar-refractivity contribution in [3.63, 3.8) is 0 Å². The molecule has 1 atom stereocenters. The lowest BCUT2D eigenvalue weighted by atomic mass is 10.1. The first-order valence-electron chi connectivity index (χ1n) is 7.99. The van der Waals surface area contributed by atoms with Gasteiger partial charge in [-0.2, -0.15) is 0 Å². The fourth-order valence-electron chi connectivity index (χ4n) is 2.80. The van der Waals surface area contributed by atoms with Crippen LogP contribution in [0.5, 0.6) is 11.5 Å². The van der Waals surface area contributed by atoms with Crippen molar-refractivity contribution in [1.29, 1.82) is 0 Å². The van der Waals surface area contributed by atoms with E-state index in [0.717, 1.165) is 5.39 Å². The second kappa shape index (κ2) is 6.32. The number of para-hydroxylation sites is 2. The Kier molecular flexibility index (Phi) is 3.85. The number of carbonyl (C=O) groups excluding carboxylic acids is 1. The van der Waals surface area contributed by atoms with Crippen LogP contribution in [0.25, 0.3) is 10.8 Å². The highest BCUT2D eigenvalue weighted by Crippen LogP contribution is 2.30. The average molecular weight is 336 g/mol. The van der Waals surface area contributed by atoms with E-state index in [9.17, 15) is 9.59 Å². The van der Waals surface area contributed by atoms with Gasteiger partial charge in [0, 0.05) is 5.39 Å². The maximum atomic E-state index is 12.4. The summed E-state index contributed by atoms with van der Waals surface area (Å²) in [7, 11) is 0. The van der Waals surface area contributed by atoms with Crippen LogP contribution in [-0.4, -0.2) is 30.1 Å². The number of benzene rings is 2. The van der Waals surface area contributed by atoms with Crippen molar-refractivity contribution in [3.8, 4) is 11.5 Å². The Morgan fingerprint density at radius 2 is 1.88 bits per heavy atom. The van der Waals surface area contributed by atoms with Gasteiger partial charge >= 0.3 is 0 Å². The van der Waals surface area contributed by atoms with E-state index in [-0.39, 0.29) is 29.8 Å². The molecule has 1 aromatic heterocycles. The third kappa shape index (κ3) is 3.06. The highest BCUT2D eigenvalue weighted by Gasteiger charge is 2.21. The third-order valence-corrected chi connectivity index (χ3v) is 4.06. The number of aromatic nitrogens is 1. The normalized spacial score (nSPS) is 15.8. The molecule has 2 aromatic carbocycles. The smallest absolute Gasteiger partial charge is 0.267 e. The molecule has 6 nitrogen and oxygen atoms in total. The molecular formula is C19H16N2O4. The number of fused-ring (bicyclic) bond motifs is 2. The Labute approximate surface area is 143 Å². The lowest BCUT2D eigenvalue weighted by Crippen LogP contribution is -2.41. The van der Waals surface area contributed by atoms with Crippen LogP contribution in [-0.2, 0) is 0 Å². The number of hydrogen-bond acceptors (Lipinski definition) is 4. The van der Waals surface area contributed by atoms with Gasteiger partial charge in [0.2, 0.25) is 0 Å². The second-order valence-electron chi connectivity index (χ2n) is 5.81. The van der Waals surface area contributed by atoms with E-state index in [1.165, 1.54) is 0 Å². The number of nitrogens with one attached hydrogen (secondary N) is 2. The molecule has 3 aromatic rings. The van der Waals surface area contributed by atoms with E-state index in [4.69, 9.17) is 9.47 Å². The minimum absolute atomic E-state index is 0.223. The number of H-pyrrole nitrogens is 1. The molecule has 1 aliphatic rings. The molecule has 0 bridgehead atoms. The summed E-state index contributed by atoms with van der Waals surface area (Å²) >= 11 is 0. The van der Waals surface area contributed by atoms with Gasteiger partial charge in [0.1, 0.15) is 18.4 Å². The average Bonchev–Trinajstić information content (AvgIpc) is 2.66. The topological polar surface area (TPSA) is 80.4 Å². The molecule has 0 aliphatic carbocycles.